The molecule has 0 bridgehead atoms. The molecule has 4 aromatic rings. The summed E-state index contributed by atoms with van der Waals surface area (Å²) in [7, 11) is 0. The van der Waals surface area contributed by atoms with E-state index in [0.29, 0.717) is 0 Å². The number of fused-ring (bicyclic) bond motifs is 1. The lowest BCUT2D eigenvalue weighted by molar-refractivity contribution is 1.39. The van der Waals surface area contributed by atoms with Crippen molar-refractivity contribution in [2.75, 3.05) is 5.32 Å². The minimum absolute atomic E-state index is 0.750. The molecular weight excluding hydrogens is 326 g/mol. The molecule has 4 heteroatoms. The average molecular weight is 343 g/mol. The Balaban J connectivity index is 1.75. The van der Waals surface area contributed by atoms with Gasteiger partial charge in [0.15, 0.2) is 0 Å². The first-order valence-corrected chi connectivity index (χ1v) is 8.93. The second kappa shape index (κ2) is 6.87. The quantitative estimate of drug-likeness (QED) is 0.377. The first-order chi connectivity index (χ1) is 12.3. The maximum Gasteiger partial charge on any atom is 0.212 e. The largest absolute Gasteiger partial charge is 0.340 e. The molecule has 0 aliphatic carbocycles. The molecule has 0 radical (unpaired) electrons. The van der Waals surface area contributed by atoms with E-state index in [4.69, 9.17) is 4.99 Å². The number of amidine groups is 1. The summed E-state index contributed by atoms with van der Waals surface area (Å²) in [5.74, 6) is 0.795. The van der Waals surface area contributed by atoms with Gasteiger partial charge in [0.25, 0.3) is 0 Å². The van der Waals surface area contributed by atoms with Gasteiger partial charge in [-0.3, -0.25) is 0 Å². The van der Waals surface area contributed by atoms with Crippen LogP contribution in [0.15, 0.2) is 83.9 Å². The van der Waals surface area contributed by atoms with Gasteiger partial charge in [-0.2, -0.15) is 0 Å². The number of rotatable bonds is 3. The molecule has 122 valence electrons. The Kier molecular flexibility index (Phi) is 4.27. The zero-order chi connectivity index (χ0) is 17.1. The third-order valence-corrected chi connectivity index (χ3v) is 4.78. The normalized spacial score (nSPS) is 11.6. The van der Waals surface area contributed by atoms with E-state index in [1.54, 1.807) is 11.3 Å². The van der Waals surface area contributed by atoms with Crippen molar-refractivity contribution < 1.29 is 0 Å². The minimum Gasteiger partial charge on any atom is -0.340 e. The number of nitrogens with one attached hydrogen (secondary N) is 1. The smallest absolute Gasteiger partial charge is 0.212 e. The summed E-state index contributed by atoms with van der Waals surface area (Å²) in [6, 6.07) is 26.5. The van der Waals surface area contributed by atoms with E-state index in [9.17, 15) is 0 Å². The van der Waals surface area contributed by atoms with Gasteiger partial charge in [0, 0.05) is 11.3 Å². The molecule has 0 aliphatic rings. The number of hydrogen-bond acceptors (Lipinski definition) is 3. The number of anilines is 1. The van der Waals surface area contributed by atoms with Crippen molar-refractivity contribution in [3.63, 3.8) is 0 Å². The molecule has 0 spiro atoms. The highest BCUT2D eigenvalue weighted by Gasteiger charge is 2.07. The van der Waals surface area contributed by atoms with Crippen LogP contribution in [0, 0.1) is 6.92 Å². The van der Waals surface area contributed by atoms with Gasteiger partial charge < -0.3 is 5.32 Å². The van der Waals surface area contributed by atoms with Crippen LogP contribution in [-0.2, 0) is 0 Å². The van der Waals surface area contributed by atoms with E-state index in [0.717, 1.165) is 32.4 Å². The number of hydrogen-bond donors (Lipinski definition) is 1. The Hall–Kier alpha value is -2.98. The lowest BCUT2D eigenvalue weighted by Gasteiger charge is -2.10. The maximum absolute atomic E-state index is 4.80. The Bertz CT molecular complexity index is 985. The number of aliphatic imine (C=N–C) groups is 1. The van der Waals surface area contributed by atoms with E-state index in [2.05, 4.69) is 47.6 Å². The first kappa shape index (κ1) is 15.5. The van der Waals surface area contributed by atoms with Crippen LogP contribution in [0.25, 0.3) is 10.2 Å². The molecule has 0 fully saturated rings. The first-order valence-electron chi connectivity index (χ1n) is 8.11. The van der Waals surface area contributed by atoms with Gasteiger partial charge in [0.2, 0.25) is 5.13 Å². The lowest BCUT2D eigenvalue weighted by Crippen LogP contribution is -2.13. The molecule has 4 rings (SSSR count). The Morgan fingerprint density at radius 1 is 0.880 bits per heavy atom. The van der Waals surface area contributed by atoms with E-state index in [1.807, 2.05) is 48.5 Å². The Morgan fingerprint density at radius 3 is 2.36 bits per heavy atom. The summed E-state index contributed by atoms with van der Waals surface area (Å²) in [5.41, 5.74) is 4.25. The van der Waals surface area contributed by atoms with Crippen molar-refractivity contribution in [2.24, 2.45) is 4.99 Å². The van der Waals surface area contributed by atoms with Crippen LogP contribution in [-0.4, -0.2) is 10.8 Å². The van der Waals surface area contributed by atoms with Crippen LogP contribution < -0.4 is 5.32 Å². The van der Waals surface area contributed by atoms with Gasteiger partial charge in [-0.1, -0.05) is 71.5 Å². The summed E-state index contributed by atoms with van der Waals surface area (Å²) in [6.45, 7) is 2.08. The third-order valence-electron chi connectivity index (χ3n) is 3.85. The Morgan fingerprint density at radius 2 is 1.60 bits per heavy atom. The minimum atomic E-state index is 0.750. The number of aryl methyl sites for hydroxylation is 1. The number of thiazole rings is 1. The highest BCUT2D eigenvalue weighted by Crippen LogP contribution is 2.28. The molecule has 0 atom stereocenters. The summed E-state index contributed by atoms with van der Waals surface area (Å²) >= 11 is 1.59. The summed E-state index contributed by atoms with van der Waals surface area (Å²) in [4.78, 5) is 9.42. The van der Waals surface area contributed by atoms with Crippen molar-refractivity contribution >= 4 is 38.2 Å². The Labute approximate surface area is 150 Å². The topological polar surface area (TPSA) is 37.3 Å². The molecule has 1 N–H and O–H groups in total. The van der Waals surface area contributed by atoms with Crippen LogP contribution in [0.5, 0.6) is 0 Å². The third kappa shape index (κ3) is 3.59. The number of para-hydroxylation sites is 1. The van der Waals surface area contributed by atoms with Crippen molar-refractivity contribution in [1.82, 2.24) is 4.98 Å². The average Bonchev–Trinajstić information content (AvgIpc) is 3.06. The van der Waals surface area contributed by atoms with Gasteiger partial charge >= 0.3 is 0 Å². The van der Waals surface area contributed by atoms with Crippen molar-refractivity contribution in [3.8, 4) is 0 Å². The van der Waals surface area contributed by atoms with Gasteiger partial charge in [-0.15, -0.1) is 0 Å². The van der Waals surface area contributed by atoms with Gasteiger partial charge in [-0.05, 0) is 31.2 Å². The molecule has 0 unspecified atom stereocenters. The second-order valence-electron chi connectivity index (χ2n) is 5.78. The fourth-order valence-electron chi connectivity index (χ4n) is 2.54. The molecule has 1 heterocycles. The molecular formula is C21H17N3S. The van der Waals surface area contributed by atoms with E-state index >= 15 is 0 Å². The predicted octanol–water partition coefficient (Wildman–Crippen LogP) is 5.80. The van der Waals surface area contributed by atoms with Crippen LogP contribution in [0.2, 0.25) is 0 Å². The van der Waals surface area contributed by atoms with Gasteiger partial charge in [0.1, 0.15) is 5.84 Å². The summed E-state index contributed by atoms with van der Waals surface area (Å²) < 4.78 is 1.14. The van der Waals surface area contributed by atoms with Crippen molar-refractivity contribution in [3.05, 3.63) is 90.0 Å². The second-order valence-corrected chi connectivity index (χ2v) is 6.79. The highest BCUT2D eigenvalue weighted by atomic mass is 32.1. The SMILES string of the molecule is Cc1ccc(N/C(=N/c2nc3ccccc3s2)c2ccccc2)cc1. The molecule has 0 saturated carbocycles. The van der Waals surface area contributed by atoms with E-state index in [-0.39, 0.29) is 0 Å². The fraction of sp³-hybridized carbons (Fsp3) is 0.0476. The monoisotopic (exact) mass is 343 g/mol. The van der Waals surface area contributed by atoms with Crippen LogP contribution in [0.1, 0.15) is 11.1 Å². The summed E-state index contributed by atoms with van der Waals surface area (Å²) in [6.07, 6.45) is 0. The van der Waals surface area contributed by atoms with E-state index in [1.165, 1.54) is 5.56 Å². The zero-order valence-corrected chi connectivity index (χ0v) is 14.6. The number of aromatic nitrogens is 1. The van der Waals surface area contributed by atoms with Crippen LogP contribution in [0.4, 0.5) is 10.8 Å². The van der Waals surface area contributed by atoms with Crippen LogP contribution in [0.3, 0.4) is 0 Å². The molecule has 25 heavy (non-hydrogen) atoms. The lowest BCUT2D eigenvalue weighted by atomic mass is 10.2. The molecule has 0 amide bonds. The van der Waals surface area contributed by atoms with Crippen LogP contribution >= 0.6 is 11.3 Å². The molecule has 1 aromatic heterocycles. The molecule has 3 nitrogen and oxygen atoms in total. The predicted molar refractivity (Wildman–Crippen MR) is 107 cm³/mol. The van der Waals surface area contributed by atoms with Gasteiger partial charge in [0.05, 0.1) is 10.2 Å². The number of nitrogens with zero attached hydrogens (tertiary/aromatic N) is 2. The zero-order valence-electron chi connectivity index (χ0n) is 13.8. The standard InChI is InChI=1S/C21H17N3S/c1-15-11-13-17(14-12-15)22-20(16-7-3-2-4-8-16)24-21-23-18-9-5-6-10-19(18)25-21/h2-14H,1H3,(H,22,23,24). The maximum atomic E-state index is 4.80. The fourth-order valence-corrected chi connectivity index (χ4v) is 3.38. The number of benzene rings is 3. The summed E-state index contributed by atoms with van der Waals surface area (Å²) in [5, 5.41) is 4.18. The van der Waals surface area contributed by atoms with E-state index < -0.39 is 0 Å². The van der Waals surface area contributed by atoms with Crippen molar-refractivity contribution in [1.29, 1.82) is 0 Å². The molecule has 0 saturated heterocycles. The van der Waals surface area contributed by atoms with Crippen molar-refractivity contribution in [2.45, 2.75) is 6.92 Å². The molecule has 0 aliphatic heterocycles. The molecule has 3 aromatic carbocycles. The highest BCUT2D eigenvalue weighted by molar-refractivity contribution is 7.22. The van der Waals surface area contributed by atoms with Gasteiger partial charge in [-0.25, -0.2) is 9.98 Å².